The van der Waals surface area contributed by atoms with E-state index in [-0.39, 0.29) is 29.9 Å². The molecule has 4 N–H and O–H groups in total. The monoisotopic (exact) mass is 711 g/mol. The van der Waals surface area contributed by atoms with Crippen LogP contribution in [0.3, 0.4) is 0 Å². The van der Waals surface area contributed by atoms with Crippen LogP contribution in [0.15, 0.2) is 54.7 Å². The molecule has 1 saturated carbocycles. The van der Waals surface area contributed by atoms with Gasteiger partial charge in [0.25, 0.3) is 11.8 Å². The van der Waals surface area contributed by atoms with Gasteiger partial charge >= 0.3 is 0 Å². The zero-order valence-corrected chi connectivity index (χ0v) is 29.9. The largest absolute Gasteiger partial charge is 0.497 e. The molecule has 0 radical (unpaired) electrons. The number of hydrogen-bond acceptors (Lipinski definition) is 11. The molecule has 0 bridgehead atoms. The Morgan fingerprint density at radius 2 is 1.56 bits per heavy atom. The summed E-state index contributed by atoms with van der Waals surface area (Å²) in [5.41, 5.74) is 3.37. The lowest BCUT2D eigenvalue weighted by Crippen LogP contribution is -2.59. The van der Waals surface area contributed by atoms with Gasteiger partial charge in [0.05, 0.1) is 68.6 Å². The molecule has 2 amide bonds. The summed E-state index contributed by atoms with van der Waals surface area (Å²) in [6.45, 7) is 3.67. The molecule has 2 fully saturated rings. The Hall–Kier alpha value is -5.14. The standard InChI is InChI=1S/C39H45N5O8/c1-38-21-39(10-11-39)22-43(38)36(46)28-16-32(50-4)34(18-30(28)44(40)37(38)47)52-13-5-12-51-33-17-29-27(15-31(33)49-3)35(45)42-20-24(14-25(42)19-41-29)23-6-8-26(48-2)9-7-23/h6-9,15-18,20,25,37,41,47H,5,10-14,19,21-22,40H2,1-4H3/t25?,37-,38-/m0/s1. The van der Waals surface area contributed by atoms with Gasteiger partial charge in [-0.25, -0.2) is 5.84 Å². The average Bonchev–Trinajstić information content (AvgIpc) is 3.70. The van der Waals surface area contributed by atoms with E-state index in [2.05, 4.69) is 5.32 Å². The molecule has 1 aliphatic carbocycles. The fourth-order valence-corrected chi connectivity index (χ4v) is 8.27. The van der Waals surface area contributed by atoms with Gasteiger partial charge in [-0.2, -0.15) is 0 Å². The number of hydrogen-bond donors (Lipinski definition) is 3. The Morgan fingerprint density at radius 3 is 2.21 bits per heavy atom. The molecule has 13 nitrogen and oxygen atoms in total. The summed E-state index contributed by atoms with van der Waals surface area (Å²) >= 11 is 0. The Bertz CT molecular complexity index is 1950. The van der Waals surface area contributed by atoms with Crippen molar-refractivity contribution in [1.29, 1.82) is 0 Å². The van der Waals surface area contributed by atoms with Crippen molar-refractivity contribution in [3.05, 3.63) is 71.4 Å². The number of methoxy groups -OCH3 is 3. The lowest BCUT2D eigenvalue weighted by Gasteiger charge is -2.39. The van der Waals surface area contributed by atoms with Crippen LogP contribution in [-0.2, 0) is 0 Å². The molecule has 0 aromatic heterocycles. The van der Waals surface area contributed by atoms with Gasteiger partial charge in [0.2, 0.25) is 0 Å². The molecule has 1 unspecified atom stereocenters. The van der Waals surface area contributed by atoms with Crippen molar-refractivity contribution >= 4 is 28.8 Å². The van der Waals surface area contributed by atoms with E-state index in [9.17, 15) is 14.7 Å². The van der Waals surface area contributed by atoms with Gasteiger partial charge in [-0.3, -0.25) is 14.6 Å². The number of aliphatic hydroxyl groups excluding tert-OH is 1. The first-order valence-electron chi connectivity index (χ1n) is 17.7. The van der Waals surface area contributed by atoms with E-state index < -0.39 is 11.8 Å². The van der Waals surface area contributed by atoms with Crippen molar-refractivity contribution in [2.24, 2.45) is 11.3 Å². The average molecular weight is 712 g/mol. The Kier molecular flexibility index (Phi) is 8.37. The van der Waals surface area contributed by atoms with Crippen molar-refractivity contribution in [2.75, 3.05) is 58.0 Å². The van der Waals surface area contributed by atoms with Crippen LogP contribution in [0.25, 0.3) is 5.57 Å². The van der Waals surface area contributed by atoms with Crippen LogP contribution in [-0.4, -0.2) is 92.2 Å². The maximum Gasteiger partial charge on any atom is 0.260 e. The highest BCUT2D eigenvalue weighted by Gasteiger charge is 2.62. The second-order valence-electron chi connectivity index (χ2n) is 14.7. The highest BCUT2D eigenvalue weighted by Crippen LogP contribution is 2.60. The first-order valence-corrected chi connectivity index (χ1v) is 17.7. The van der Waals surface area contributed by atoms with Gasteiger partial charge < -0.3 is 43.9 Å². The van der Waals surface area contributed by atoms with E-state index >= 15 is 0 Å². The van der Waals surface area contributed by atoms with Gasteiger partial charge in [-0.1, -0.05) is 12.1 Å². The molecule has 3 atom stereocenters. The first-order chi connectivity index (χ1) is 25.1. The van der Waals surface area contributed by atoms with Crippen LogP contribution in [0.2, 0.25) is 0 Å². The molecule has 3 aromatic rings. The van der Waals surface area contributed by atoms with Crippen molar-refractivity contribution in [1.82, 2.24) is 9.80 Å². The van der Waals surface area contributed by atoms with Crippen LogP contribution < -0.4 is 39.9 Å². The lowest BCUT2D eigenvalue weighted by atomic mass is 9.90. The molecule has 4 aliphatic heterocycles. The number of nitrogens with two attached hydrogens (primary N) is 1. The molecule has 1 saturated heterocycles. The number of carbonyl (C=O) groups excluding carboxylic acids is 2. The molecule has 13 heteroatoms. The molecule has 274 valence electrons. The van der Waals surface area contributed by atoms with Gasteiger partial charge in [0.1, 0.15) is 5.75 Å². The van der Waals surface area contributed by atoms with Crippen LogP contribution in [0.5, 0.6) is 28.7 Å². The molecule has 52 heavy (non-hydrogen) atoms. The maximum atomic E-state index is 13.8. The highest BCUT2D eigenvalue weighted by atomic mass is 16.5. The van der Waals surface area contributed by atoms with Crippen molar-refractivity contribution in [3.8, 4) is 28.7 Å². The molecule has 8 rings (SSSR count). The van der Waals surface area contributed by atoms with Crippen molar-refractivity contribution in [2.45, 2.75) is 56.8 Å². The zero-order valence-electron chi connectivity index (χ0n) is 29.9. The molecular formula is C39H45N5O8. The zero-order chi connectivity index (χ0) is 36.4. The van der Waals surface area contributed by atoms with E-state index in [4.69, 9.17) is 29.5 Å². The number of amides is 2. The normalized spacial score (nSPS) is 23.8. The molecule has 5 aliphatic rings. The van der Waals surface area contributed by atoms with Crippen LogP contribution >= 0.6 is 0 Å². The van der Waals surface area contributed by atoms with Gasteiger partial charge in [0, 0.05) is 37.8 Å². The SMILES string of the molecule is COc1ccc(C2=CN3C(=O)c4cc(OC)c(OCCCOc5cc6c(cc5OC)C(=O)N5CC7(CC7)C[C@@]5(C)[C@H](O)N6N)cc4NCC3C2)cc1. The van der Waals surface area contributed by atoms with Gasteiger partial charge in [0.15, 0.2) is 29.2 Å². The van der Waals surface area contributed by atoms with E-state index in [1.165, 1.54) is 12.1 Å². The predicted molar refractivity (Wildman–Crippen MR) is 194 cm³/mol. The molecule has 3 aromatic carbocycles. The Labute approximate surface area is 302 Å². The summed E-state index contributed by atoms with van der Waals surface area (Å²) < 4.78 is 28.9. The minimum atomic E-state index is -1.09. The number of carbonyl (C=O) groups is 2. The summed E-state index contributed by atoms with van der Waals surface area (Å²) in [6, 6.07) is 14.7. The van der Waals surface area contributed by atoms with Crippen LogP contribution in [0.4, 0.5) is 11.4 Å². The Morgan fingerprint density at radius 1 is 0.885 bits per heavy atom. The second-order valence-corrected chi connectivity index (χ2v) is 14.7. The summed E-state index contributed by atoms with van der Waals surface area (Å²) in [5, 5.41) is 16.2. The summed E-state index contributed by atoms with van der Waals surface area (Å²) in [6.07, 6.45) is 4.90. The lowest BCUT2D eigenvalue weighted by molar-refractivity contribution is 0.00878. The quantitative estimate of drug-likeness (QED) is 0.200. The fourth-order valence-electron chi connectivity index (χ4n) is 8.27. The smallest absolute Gasteiger partial charge is 0.260 e. The van der Waals surface area contributed by atoms with Gasteiger partial charge in [-0.15, -0.1) is 0 Å². The number of fused-ring (bicyclic) bond motifs is 4. The number of ether oxygens (including phenoxy) is 5. The summed E-state index contributed by atoms with van der Waals surface area (Å²) in [7, 11) is 4.72. The number of nitrogens with zero attached hydrogens (tertiary/aromatic N) is 3. The Balaban J connectivity index is 0.928. The third-order valence-corrected chi connectivity index (χ3v) is 11.4. The first kappa shape index (κ1) is 34.0. The number of rotatable bonds is 10. The number of aliphatic hydroxyl groups is 1. The highest BCUT2D eigenvalue weighted by molar-refractivity contribution is 6.03. The summed E-state index contributed by atoms with van der Waals surface area (Å²) in [5.74, 6) is 8.77. The number of benzene rings is 3. The number of anilines is 2. The molecule has 1 spiro atoms. The number of hydrazine groups is 1. The minimum Gasteiger partial charge on any atom is -0.497 e. The molecule has 4 heterocycles. The fraction of sp³-hybridized carbons (Fsp3) is 0.436. The third kappa shape index (κ3) is 5.63. The molecular weight excluding hydrogens is 666 g/mol. The maximum absolute atomic E-state index is 13.8. The topological polar surface area (TPSA) is 148 Å². The van der Waals surface area contributed by atoms with E-state index in [0.717, 1.165) is 36.1 Å². The van der Waals surface area contributed by atoms with E-state index in [1.54, 1.807) is 42.2 Å². The van der Waals surface area contributed by atoms with Crippen LogP contribution in [0, 0.1) is 5.41 Å². The van der Waals surface area contributed by atoms with Crippen molar-refractivity contribution < 1.29 is 38.4 Å². The third-order valence-electron chi connectivity index (χ3n) is 11.4. The van der Waals surface area contributed by atoms with E-state index in [1.807, 2.05) is 43.5 Å². The number of nitrogens with one attached hydrogen (secondary N) is 1. The van der Waals surface area contributed by atoms with Gasteiger partial charge in [-0.05, 0) is 73.4 Å². The predicted octanol–water partition coefficient (Wildman–Crippen LogP) is 4.64. The minimum absolute atomic E-state index is 0.0303. The van der Waals surface area contributed by atoms with Crippen LogP contribution in [0.1, 0.15) is 65.3 Å². The second kappa shape index (κ2) is 12.8. The van der Waals surface area contributed by atoms with E-state index in [0.29, 0.717) is 78.0 Å². The summed E-state index contributed by atoms with van der Waals surface area (Å²) in [4.78, 5) is 31.2. The van der Waals surface area contributed by atoms with Crippen molar-refractivity contribution in [3.63, 3.8) is 0 Å².